The standard InChI is InChI=1S/C28H36O6/c29-26(33-21-23-13-5-1-6-14-23)19-11-3-9-17-25(28(31)32)18-10-4-12-20-27(30)34-22-24-15-7-2-8-16-24/h1-2,5-8,13-16,25H,3-4,9-12,17-22H2,(H,31,32). The lowest BCUT2D eigenvalue weighted by Crippen LogP contribution is -2.13. The van der Waals surface area contributed by atoms with Crippen LogP contribution in [0.2, 0.25) is 0 Å². The molecule has 6 heteroatoms. The van der Waals surface area contributed by atoms with Crippen LogP contribution in [0, 0.1) is 5.92 Å². The summed E-state index contributed by atoms with van der Waals surface area (Å²) in [6.45, 7) is 0.566. The minimum Gasteiger partial charge on any atom is -0.481 e. The topological polar surface area (TPSA) is 89.9 Å². The highest BCUT2D eigenvalue weighted by atomic mass is 16.5. The van der Waals surface area contributed by atoms with E-state index in [0.717, 1.165) is 36.8 Å². The van der Waals surface area contributed by atoms with E-state index in [-0.39, 0.29) is 31.1 Å². The number of hydrogen-bond donors (Lipinski definition) is 1. The summed E-state index contributed by atoms with van der Waals surface area (Å²) in [7, 11) is 0. The fourth-order valence-electron chi connectivity index (χ4n) is 3.69. The summed E-state index contributed by atoms with van der Waals surface area (Å²) in [4.78, 5) is 35.2. The number of carboxylic acids is 1. The molecule has 0 aliphatic rings. The number of carbonyl (C=O) groups is 3. The van der Waals surface area contributed by atoms with E-state index in [1.54, 1.807) is 0 Å². The van der Waals surface area contributed by atoms with Crippen LogP contribution in [0.4, 0.5) is 0 Å². The van der Waals surface area contributed by atoms with E-state index in [1.165, 1.54) is 0 Å². The number of unbranched alkanes of at least 4 members (excludes halogenated alkanes) is 4. The maximum Gasteiger partial charge on any atom is 0.306 e. The van der Waals surface area contributed by atoms with E-state index in [0.29, 0.717) is 38.5 Å². The molecule has 184 valence electrons. The summed E-state index contributed by atoms with van der Waals surface area (Å²) in [6.07, 6.45) is 6.46. The van der Waals surface area contributed by atoms with E-state index in [1.807, 2.05) is 60.7 Å². The monoisotopic (exact) mass is 468 g/mol. The number of benzene rings is 2. The summed E-state index contributed by atoms with van der Waals surface area (Å²) < 4.78 is 10.5. The van der Waals surface area contributed by atoms with Gasteiger partial charge in [-0.15, -0.1) is 0 Å². The second kappa shape index (κ2) is 16.5. The van der Waals surface area contributed by atoms with Gasteiger partial charge in [0, 0.05) is 12.8 Å². The molecular weight excluding hydrogens is 432 g/mol. The highest BCUT2D eigenvalue weighted by molar-refractivity contribution is 5.70. The zero-order valence-electron chi connectivity index (χ0n) is 19.8. The summed E-state index contributed by atoms with van der Waals surface area (Å²) >= 11 is 0. The van der Waals surface area contributed by atoms with Gasteiger partial charge < -0.3 is 14.6 Å². The second-order valence-electron chi connectivity index (χ2n) is 8.53. The largest absolute Gasteiger partial charge is 0.481 e. The second-order valence-corrected chi connectivity index (χ2v) is 8.53. The zero-order valence-corrected chi connectivity index (χ0v) is 19.8. The van der Waals surface area contributed by atoms with Crippen LogP contribution in [0.3, 0.4) is 0 Å². The summed E-state index contributed by atoms with van der Waals surface area (Å²) in [5, 5.41) is 9.47. The molecule has 0 radical (unpaired) electrons. The molecule has 0 aliphatic heterocycles. The molecule has 0 aliphatic carbocycles. The van der Waals surface area contributed by atoms with Gasteiger partial charge in [-0.3, -0.25) is 14.4 Å². The third-order valence-electron chi connectivity index (χ3n) is 5.70. The van der Waals surface area contributed by atoms with Crippen LogP contribution in [0.5, 0.6) is 0 Å². The van der Waals surface area contributed by atoms with E-state index >= 15 is 0 Å². The predicted molar refractivity (Wildman–Crippen MR) is 130 cm³/mol. The lowest BCUT2D eigenvalue weighted by molar-refractivity contribution is -0.146. The molecule has 0 saturated carbocycles. The molecule has 34 heavy (non-hydrogen) atoms. The van der Waals surface area contributed by atoms with Crippen molar-refractivity contribution in [2.24, 2.45) is 5.92 Å². The van der Waals surface area contributed by atoms with Crippen LogP contribution in [0.15, 0.2) is 60.7 Å². The first-order chi connectivity index (χ1) is 16.5. The fraction of sp³-hybridized carbons (Fsp3) is 0.464. The van der Waals surface area contributed by atoms with Crippen LogP contribution < -0.4 is 0 Å². The molecule has 0 saturated heterocycles. The van der Waals surface area contributed by atoms with Gasteiger partial charge in [-0.05, 0) is 36.8 Å². The lowest BCUT2D eigenvalue weighted by Gasteiger charge is -2.12. The molecule has 0 aromatic heterocycles. The number of rotatable bonds is 17. The third-order valence-corrected chi connectivity index (χ3v) is 5.70. The van der Waals surface area contributed by atoms with Crippen LogP contribution in [0.1, 0.15) is 75.3 Å². The SMILES string of the molecule is O=C(CCCCCC(CCCCCC(=O)OCc1ccccc1)C(=O)O)OCc1ccccc1. The first kappa shape index (κ1) is 27.1. The number of carbonyl (C=O) groups excluding carboxylic acids is 2. The van der Waals surface area contributed by atoms with Gasteiger partial charge in [0.25, 0.3) is 0 Å². The van der Waals surface area contributed by atoms with E-state index < -0.39 is 5.97 Å². The molecule has 0 bridgehead atoms. The van der Waals surface area contributed by atoms with Crippen molar-refractivity contribution in [3.8, 4) is 0 Å². The van der Waals surface area contributed by atoms with Crippen LogP contribution in [-0.4, -0.2) is 23.0 Å². The first-order valence-electron chi connectivity index (χ1n) is 12.2. The molecule has 6 nitrogen and oxygen atoms in total. The molecule has 0 spiro atoms. The average molecular weight is 469 g/mol. The predicted octanol–water partition coefficient (Wildman–Crippen LogP) is 6.08. The Labute approximate surface area is 202 Å². The van der Waals surface area contributed by atoms with Crippen molar-refractivity contribution >= 4 is 17.9 Å². The quantitative estimate of drug-likeness (QED) is 0.224. The van der Waals surface area contributed by atoms with Gasteiger partial charge in [0.2, 0.25) is 0 Å². The maximum absolute atomic E-state index is 11.8. The third kappa shape index (κ3) is 12.2. The van der Waals surface area contributed by atoms with E-state index in [9.17, 15) is 19.5 Å². The molecule has 0 unspecified atom stereocenters. The Morgan fingerprint density at radius 1 is 0.618 bits per heavy atom. The number of ether oxygens (including phenoxy) is 2. The van der Waals surface area contributed by atoms with Gasteiger partial charge in [0.05, 0.1) is 5.92 Å². The fourth-order valence-corrected chi connectivity index (χ4v) is 3.69. The Hall–Kier alpha value is -3.15. The summed E-state index contributed by atoms with van der Waals surface area (Å²) in [6, 6.07) is 19.1. The van der Waals surface area contributed by atoms with Crippen LogP contribution in [-0.2, 0) is 37.1 Å². The number of carboxylic acid groups (broad SMARTS) is 1. The Balaban J connectivity index is 1.48. The van der Waals surface area contributed by atoms with Gasteiger partial charge in [-0.2, -0.15) is 0 Å². The van der Waals surface area contributed by atoms with Crippen molar-refractivity contribution in [1.29, 1.82) is 0 Å². The number of hydrogen-bond acceptors (Lipinski definition) is 5. The molecule has 2 rings (SSSR count). The molecule has 0 atom stereocenters. The Morgan fingerprint density at radius 2 is 1.03 bits per heavy atom. The first-order valence-corrected chi connectivity index (χ1v) is 12.2. The van der Waals surface area contributed by atoms with E-state index in [4.69, 9.17) is 9.47 Å². The van der Waals surface area contributed by atoms with Crippen LogP contribution >= 0.6 is 0 Å². The summed E-state index contributed by atoms with van der Waals surface area (Å²) in [5.41, 5.74) is 1.92. The van der Waals surface area contributed by atoms with Crippen LogP contribution in [0.25, 0.3) is 0 Å². The Morgan fingerprint density at radius 3 is 1.41 bits per heavy atom. The van der Waals surface area contributed by atoms with Gasteiger partial charge >= 0.3 is 17.9 Å². The highest BCUT2D eigenvalue weighted by Crippen LogP contribution is 2.19. The minimum absolute atomic E-state index is 0.221. The van der Waals surface area contributed by atoms with Crippen molar-refractivity contribution in [3.05, 3.63) is 71.8 Å². The minimum atomic E-state index is -0.774. The molecule has 0 amide bonds. The zero-order chi connectivity index (χ0) is 24.4. The van der Waals surface area contributed by atoms with Gasteiger partial charge in [-0.1, -0.05) is 86.3 Å². The molecule has 2 aromatic rings. The molecule has 1 N–H and O–H groups in total. The van der Waals surface area contributed by atoms with Crippen molar-refractivity contribution < 1.29 is 29.0 Å². The smallest absolute Gasteiger partial charge is 0.306 e. The van der Waals surface area contributed by atoms with Crippen molar-refractivity contribution in [2.45, 2.75) is 77.4 Å². The number of aliphatic carboxylic acids is 1. The normalized spacial score (nSPS) is 10.7. The maximum atomic E-state index is 11.8. The van der Waals surface area contributed by atoms with Gasteiger partial charge in [0.15, 0.2) is 0 Å². The molecule has 0 heterocycles. The lowest BCUT2D eigenvalue weighted by atomic mass is 9.94. The van der Waals surface area contributed by atoms with E-state index in [2.05, 4.69) is 0 Å². The summed E-state index contributed by atoms with van der Waals surface area (Å²) in [5.74, 6) is -1.60. The number of esters is 2. The Kier molecular flexibility index (Phi) is 13.1. The van der Waals surface area contributed by atoms with Gasteiger partial charge in [-0.25, -0.2) is 0 Å². The van der Waals surface area contributed by atoms with Gasteiger partial charge in [0.1, 0.15) is 13.2 Å². The average Bonchev–Trinajstić information content (AvgIpc) is 2.85. The van der Waals surface area contributed by atoms with Crippen molar-refractivity contribution in [3.63, 3.8) is 0 Å². The van der Waals surface area contributed by atoms with Crippen molar-refractivity contribution in [1.82, 2.24) is 0 Å². The molecule has 0 fully saturated rings. The molecular formula is C28H36O6. The Bertz CT molecular complexity index is 784. The highest BCUT2D eigenvalue weighted by Gasteiger charge is 2.16. The van der Waals surface area contributed by atoms with Crippen molar-refractivity contribution in [2.75, 3.05) is 0 Å². The molecule has 2 aromatic carbocycles.